The Balaban J connectivity index is 1.62. The van der Waals surface area contributed by atoms with Gasteiger partial charge < -0.3 is 15.1 Å². The van der Waals surface area contributed by atoms with E-state index in [1.165, 1.54) is 0 Å². The molecule has 2 aromatic carbocycles. The van der Waals surface area contributed by atoms with Crippen molar-refractivity contribution in [1.29, 1.82) is 0 Å². The van der Waals surface area contributed by atoms with Crippen molar-refractivity contribution in [3.63, 3.8) is 0 Å². The zero-order valence-corrected chi connectivity index (χ0v) is 16.7. The van der Waals surface area contributed by atoms with Crippen LogP contribution in [0.5, 0.6) is 0 Å². The second-order valence-electron chi connectivity index (χ2n) is 7.12. The number of carbonyl (C=O) groups excluding carboxylic acids is 2. The summed E-state index contributed by atoms with van der Waals surface area (Å²) in [5.74, 6) is -0.0877. The zero-order valence-electron chi connectivity index (χ0n) is 16.7. The van der Waals surface area contributed by atoms with Crippen LogP contribution < -0.4 is 10.2 Å². The summed E-state index contributed by atoms with van der Waals surface area (Å²) in [6, 6.07) is 17.2. The van der Waals surface area contributed by atoms with E-state index in [0.29, 0.717) is 19.4 Å². The lowest BCUT2D eigenvalue weighted by molar-refractivity contribution is -0.136. The summed E-state index contributed by atoms with van der Waals surface area (Å²) in [6.45, 7) is 6.79. The number of nitrogens with zero attached hydrogens (tertiary/aromatic N) is 2. The molecule has 148 valence electrons. The fraction of sp³-hybridized carbons (Fsp3) is 0.391. The first-order chi connectivity index (χ1) is 13.6. The van der Waals surface area contributed by atoms with E-state index >= 15 is 0 Å². The van der Waals surface area contributed by atoms with Crippen LogP contribution in [0.25, 0.3) is 0 Å². The molecule has 1 aliphatic rings. The quantitative estimate of drug-likeness (QED) is 0.798. The van der Waals surface area contributed by atoms with Crippen molar-refractivity contribution < 1.29 is 9.59 Å². The first-order valence-electron chi connectivity index (χ1n) is 10.1. The fourth-order valence-corrected chi connectivity index (χ4v) is 3.78. The lowest BCUT2D eigenvalue weighted by atomic mass is 10.1. The Labute approximate surface area is 167 Å². The Hall–Kier alpha value is -2.82. The van der Waals surface area contributed by atoms with E-state index in [1.54, 1.807) is 4.90 Å². The lowest BCUT2D eigenvalue weighted by Crippen LogP contribution is -2.43. The summed E-state index contributed by atoms with van der Waals surface area (Å²) in [7, 11) is 0. The minimum absolute atomic E-state index is 0.0146. The van der Waals surface area contributed by atoms with Crippen molar-refractivity contribution in [1.82, 2.24) is 4.90 Å². The van der Waals surface area contributed by atoms with Crippen molar-refractivity contribution in [3.8, 4) is 0 Å². The van der Waals surface area contributed by atoms with Gasteiger partial charge in [-0.05, 0) is 56.5 Å². The predicted molar refractivity (Wildman–Crippen MR) is 114 cm³/mol. The predicted octanol–water partition coefficient (Wildman–Crippen LogP) is 3.71. The van der Waals surface area contributed by atoms with Gasteiger partial charge in [-0.25, -0.2) is 0 Å². The first-order valence-corrected chi connectivity index (χ1v) is 10.1. The van der Waals surface area contributed by atoms with Crippen molar-refractivity contribution in [2.75, 3.05) is 29.9 Å². The number of nitrogens with one attached hydrogen (secondary N) is 1. The molecule has 0 aromatic heterocycles. The van der Waals surface area contributed by atoms with Gasteiger partial charge >= 0.3 is 0 Å². The van der Waals surface area contributed by atoms with Gasteiger partial charge in [-0.1, -0.05) is 30.3 Å². The summed E-state index contributed by atoms with van der Waals surface area (Å²) in [5.41, 5.74) is 2.89. The minimum Gasteiger partial charge on any atom is -0.372 e. The van der Waals surface area contributed by atoms with E-state index in [1.807, 2.05) is 54.6 Å². The summed E-state index contributed by atoms with van der Waals surface area (Å²) in [4.78, 5) is 29.5. The van der Waals surface area contributed by atoms with Gasteiger partial charge in [-0.3, -0.25) is 9.59 Å². The largest absolute Gasteiger partial charge is 0.372 e. The maximum absolute atomic E-state index is 12.8. The molecule has 1 aliphatic heterocycles. The summed E-state index contributed by atoms with van der Waals surface area (Å²) >= 11 is 0. The van der Waals surface area contributed by atoms with E-state index in [2.05, 4.69) is 24.1 Å². The second-order valence-corrected chi connectivity index (χ2v) is 7.12. The van der Waals surface area contributed by atoms with Gasteiger partial charge in [0.25, 0.3) is 0 Å². The summed E-state index contributed by atoms with van der Waals surface area (Å²) < 4.78 is 0. The molecule has 1 fully saturated rings. The zero-order chi connectivity index (χ0) is 19.9. The molecule has 0 aliphatic carbocycles. The van der Waals surface area contributed by atoms with Crippen molar-refractivity contribution >= 4 is 23.2 Å². The fourth-order valence-electron chi connectivity index (χ4n) is 3.78. The minimum atomic E-state index is -0.390. The van der Waals surface area contributed by atoms with E-state index in [4.69, 9.17) is 0 Å². The highest BCUT2D eigenvalue weighted by molar-refractivity contribution is 5.97. The highest BCUT2D eigenvalue weighted by Gasteiger charge is 2.33. The van der Waals surface area contributed by atoms with Crippen molar-refractivity contribution in [2.24, 2.45) is 0 Å². The Morgan fingerprint density at radius 3 is 2.36 bits per heavy atom. The number of hydrogen-bond donors (Lipinski definition) is 1. The van der Waals surface area contributed by atoms with E-state index in [0.717, 1.165) is 36.4 Å². The molecule has 5 heteroatoms. The van der Waals surface area contributed by atoms with Crippen LogP contribution in [-0.4, -0.2) is 42.4 Å². The summed E-state index contributed by atoms with van der Waals surface area (Å²) in [6.07, 6.45) is 1.91. The number of hydrogen-bond acceptors (Lipinski definition) is 3. The number of amides is 2. The Kier molecular flexibility index (Phi) is 6.69. The van der Waals surface area contributed by atoms with Gasteiger partial charge in [0.05, 0.1) is 6.42 Å². The van der Waals surface area contributed by atoms with Gasteiger partial charge in [-0.15, -0.1) is 0 Å². The smallest absolute Gasteiger partial charge is 0.247 e. The second kappa shape index (κ2) is 9.40. The number of benzene rings is 2. The summed E-state index contributed by atoms with van der Waals surface area (Å²) in [5, 5.41) is 2.98. The van der Waals surface area contributed by atoms with Gasteiger partial charge in [0.1, 0.15) is 6.04 Å². The van der Waals surface area contributed by atoms with E-state index in [9.17, 15) is 9.59 Å². The maximum atomic E-state index is 12.8. The van der Waals surface area contributed by atoms with Crippen LogP contribution in [0.1, 0.15) is 32.3 Å². The third-order valence-corrected chi connectivity index (χ3v) is 5.34. The number of anilines is 2. The number of rotatable bonds is 7. The van der Waals surface area contributed by atoms with Crippen molar-refractivity contribution in [3.05, 3.63) is 60.2 Å². The molecular formula is C23H29N3O2. The normalized spacial score (nSPS) is 16.1. The van der Waals surface area contributed by atoms with Crippen LogP contribution in [0, 0.1) is 0 Å². The average Bonchev–Trinajstić information content (AvgIpc) is 3.21. The molecule has 0 radical (unpaired) electrons. The molecule has 1 heterocycles. The van der Waals surface area contributed by atoms with E-state index < -0.39 is 6.04 Å². The molecule has 1 unspecified atom stereocenters. The van der Waals surface area contributed by atoms with E-state index in [-0.39, 0.29) is 11.8 Å². The van der Waals surface area contributed by atoms with Gasteiger partial charge in [0, 0.05) is 31.0 Å². The molecule has 1 N–H and O–H groups in total. The molecule has 5 nitrogen and oxygen atoms in total. The Bertz CT molecular complexity index is 785. The van der Waals surface area contributed by atoms with Crippen LogP contribution in [0.15, 0.2) is 54.6 Å². The molecule has 0 saturated carbocycles. The monoisotopic (exact) mass is 379 g/mol. The molecule has 1 atom stereocenters. The SMILES string of the molecule is CCN(CC)c1ccc(NC(=O)C2CCCN2C(=O)Cc2ccccc2)cc1. The van der Waals surface area contributed by atoms with Gasteiger partial charge in [-0.2, -0.15) is 0 Å². The number of likely N-dealkylation sites (tertiary alicyclic amines) is 1. The molecule has 2 aromatic rings. The van der Waals surface area contributed by atoms with Crippen LogP contribution >= 0.6 is 0 Å². The molecule has 28 heavy (non-hydrogen) atoms. The molecule has 3 rings (SSSR count). The highest BCUT2D eigenvalue weighted by Crippen LogP contribution is 2.22. The third-order valence-electron chi connectivity index (χ3n) is 5.34. The molecular weight excluding hydrogens is 350 g/mol. The third kappa shape index (κ3) is 4.71. The molecule has 2 amide bonds. The van der Waals surface area contributed by atoms with Crippen LogP contribution in [-0.2, 0) is 16.0 Å². The van der Waals surface area contributed by atoms with Gasteiger partial charge in [0.15, 0.2) is 0 Å². The van der Waals surface area contributed by atoms with Crippen molar-refractivity contribution in [2.45, 2.75) is 39.2 Å². The maximum Gasteiger partial charge on any atom is 0.247 e. The number of carbonyl (C=O) groups is 2. The average molecular weight is 380 g/mol. The molecule has 0 bridgehead atoms. The van der Waals surface area contributed by atoms with Crippen LogP contribution in [0.2, 0.25) is 0 Å². The van der Waals surface area contributed by atoms with Crippen LogP contribution in [0.3, 0.4) is 0 Å². The molecule has 0 spiro atoms. The Morgan fingerprint density at radius 1 is 1.04 bits per heavy atom. The first kappa shape index (κ1) is 19.9. The van der Waals surface area contributed by atoms with Crippen LogP contribution in [0.4, 0.5) is 11.4 Å². The van der Waals surface area contributed by atoms with Gasteiger partial charge in [0.2, 0.25) is 11.8 Å². The highest BCUT2D eigenvalue weighted by atomic mass is 16.2. The standard InChI is InChI=1S/C23H29N3O2/c1-3-25(4-2)20-14-12-19(13-15-20)24-23(28)21-11-8-16-26(21)22(27)17-18-9-6-5-7-10-18/h5-7,9-10,12-15,21H,3-4,8,11,16-17H2,1-2H3,(H,24,28). The lowest BCUT2D eigenvalue weighted by Gasteiger charge is -2.24. The molecule has 1 saturated heterocycles. The Morgan fingerprint density at radius 2 is 1.71 bits per heavy atom. The topological polar surface area (TPSA) is 52.7 Å².